The van der Waals surface area contributed by atoms with E-state index in [4.69, 9.17) is 9.84 Å². The van der Waals surface area contributed by atoms with E-state index in [0.717, 1.165) is 31.7 Å². The van der Waals surface area contributed by atoms with E-state index in [0.29, 0.717) is 12.0 Å². The molecule has 1 unspecified atom stereocenters. The van der Waals surface area contributed by atoms with Gasteiger partial charge in [-0.1, -0.05) is 0 Å². The number of carboxylic acid groups (broad SMARTS) is 1. The normalized spacial score (nSPS) is 17.2. The molecule has 1 saturated heterocycles. The molecule has 2 heterocycles. The fraction of sp³-hybridized carbons (Fsp3) is 0.667. The Morgan fingerprint density at radius 3 is 2.82 bits per heavy atom. The molecule has 7 nitrogen and oxygen atoms in total. The molecular formula is C15H23N3O4. The molecule has 1 aromatic heterocycles. The van der Waals surface area contributed by atoms with Crippen molar-refractivity contribution in [2.24, 2.45) is 0 Å². The van der Waals surface area contributed by atoms with Gasteiger partial charge in [-0.05, 0) is 33.1 Å². The van der Waals surface area contributed by atoms with Crippen LogP contribution in [0.3, 0.4) is 0 Å². The van der Waals surface area contributed by atoms with Gasteiger partial charge in [0.05, 0.1) is 17.8 Å². The predicted octanol–water partition coefficient (Wildman–Crippen LogP) is 1.53. The van der Waals surface area contributed by atoms with Gasteiger partial charge in [-0.25, -0.2) is 0 Å². The van der Waals surface area contributed by atoms with Gasteiger partial charge >= 0.3 is 5.97 Å². The highest BCUT2D eigenvalue weighted by atomic mass is 16.5. The molecule has 1 atom stereocenters. The number of aliphatic carboxylic acids is 1. The van der Waals surface area contributed by atoms with E-state index in [9.17, 15) is 9.59 Å². The van der Waals surface area contributed by atoms with Gasteiger partial charge in [-0.2, -0.15) is 5.10 Å². The summed E-state index contributed by atoms with van der Waals surface area (Å²) in [5.74, 6) is -1.06. The summed E-state index contributed by atoms with van der Waals surface area (Å²) in [6, 6.07) is 0.0918. The van der Waals surface area contributed by atoms with Crippen molar-refractivity contribution in [3.8, 4) is 0 Å². The number of carboxylic acids is 1. The van der Waals surface area contributed by atoms with Gasteiger partial charge in [0.2, 0.25) is 0 Å². The molecule has 7 heteroatoms. The molecule has 22 heavy (non-hydrogen) atoms. The van der Waals surface area contributed by atoms with E-state index in [1.54, 1.807) is 13.1 Å². The number of nitrogens with one attached hydrogen (secondary N) is 1. The highest BCUT2D eigenvalue weighted by molar-refractivity contribution is 5.95. The van der Waals surface area contributed by atoms with Crippen LogP contribution in [0.25, 0.3) is 0 Å². The minimum Gasteiger partial charge on any atom is -0.481 e. The molecule has 0 radical (unpaired) electrons. The molecule has 0 spiro atoms. The van der Waals surface area contributed by atoms with E-state index >= 15 is 0 Å². The third kappa shape index (κ3) is 4.07. The molecule has 0 aliphatic carbocycles. The van der Waals surface area contributed by atoms with Crippen molar-refractivity contribution < 1.29 is 19.4 Å². The number of aromatic nitrogens is 2. The number of nitrogens with zero attached hydrogens (tertiary/aromatic N) is 2. The van der Waals surface area contributed by atoms with Gasteiger partial charge in [0, 0.05) is 31.4 Å². The van der Waals surface area contributed by atoms with Crippen LogP contribution in [0.1, 0.15) is 54.7 Å². The average molecular weight is 309 g/mol. The van der Waals surface area contributed by atoms with Crippen LogP contribution in [0.15, 0.2) is 6.20 Å². The van der Waals surface area contributed by atoms with Gasteiger partial charge in [-0.3, -0.25) is 14.3 Å². The van der Waals surface area contributed by atoms with Crippen LogP contribution in [-0.4, -0.2) is 46.0 Å². The Bertz CT molecular complexity index is 535. The quantitative estimate of drug-likeness (QED) is 0.831. The second kappa shape index (κ2) is 7.40. The minimum absolute atomic E-state index is 0.0434. The Labute approximate surface area is 129 Å². The van der Waals surface area contributed by atoms with E-state index < -0.39 is 5.97 Å². The third-order valence-electron chi connectivity index (χ3n) is 3.99. The predicted molar refractivity (Wildman–Crippen MR) is 79.9 cm³/mol. The van der Waals surface area contributed by atoms with Crippen molar-refractivity contribution in [3.05, 3.63) is 17.5 Å². The fourth-order valence-corrected chi connectivity index (χ4v) is 2.66. The maximum absolute atomic E-state index is 12.3. The van der Waals surface area contributed by atoms with Crippen molar-refractivity contribution in [2.45, 2.75) is 51.6 Å². The fourth-order valence-electron chi connectivity index (χ4n) is 2.66. The van der Waals surface area contributed by atoms with Crippen LogP contribution >= 0.6 is 0 Å². The lowest BCUT2D eigenvalue weighted by atomic mass is 10.1. The van der Waals surface area contributed by atoms with Gasteiger partial charge < -0.3 is 15.2 Å². The first-order valence-corrected chi connectivity index (χ1v) is 7.63. The van der Waals surface area contributed by atoms with Crippen molar-refractivity contribution >= 4 is 11.9 Å². The maximum atomic E-state index is 12.3. The van der Waals surface area contributed by atoms with Crippen molar-refractivity contribution in [1.29, 1.82) is 0 Å². The molecule has 0 aromatic carbocycles. The Kier molecular flexibility index (Phi) is 5.54. The summed E-state index contributed by atoms with van der Waals surface area (Å²) in [5.41, 5.74) is 1.39. The minimum atomic E-state index is -0.857. The summed E-state index contributed by atoms with van der Waals surface area (Å²) in [5, 5.41) is 15.8. The molecule has 1 aliphatic rings. The number of carbonyl (C=O) groups excluding carboxylic acids is 1. The summed E-state index contributed by atoms with van der Waals surface area (Å²) >= 11 is 0. The zero-order chi connectivity index (χ0) is 16.1. The summed E-state index contributed by atoms with van der Waals surface area (Å²) in [4.78, 5) is 22.8. The van der Waals surface area contributed by atoms with Crippen LogP contribution in [0, 0.1) is 6.92 Å². The second-order valence-electron chi connectivity index (χ2n) is 5.74. The zero-order valence-corrected chi connectivity index (χ0v) is 13.0. The van der Waals surface area contributed by atoms with Gasteiger partial charge in [0.15, 0.2) is 0 Å². The Hall–Kier alpha value is -1.89. The summed E-state index contributed by atoms with van der Waals surface area (Å²) in [6.45, 7) is 5.13. The first-order chi connectivity index (χ1) is 10.5. The molecule has 0 saturated carbocycles. The summed E-state index contributed by atoms with van der Waals surface area (Å²) in [6.07, 6.45) is 3.84. The van der Waals surface area contributed by atoms with Gasteiger partial charge in [-0.15, -0.1) is 0 Å². The third-order valence-corrected chi connectivity index (χ3v) is 3.99. The lowest BCUT2D eigenvalue weighted by Gasteiger charge is -2.23. The molecule has 1 amide bonds. The number of amides is 1. The number of hydrogen-bond donors (Lipinski definition) is 2. The zero-order valence-electron chi connectivity index (χ0n) is 13.0. The highest BCUT2D eigenvalue weighted by Gasteiger charge is 2.22. The number of ether oxygens (including phenoxy) is 1. The van der Waals surface area contributed by atoms with Crippen LogP contribution in [0.4, 0.5) is 0 Å². The SMILES string of the molecule is Cc1c(C(=O)NC(C)CCC(=O)O)cnn1C1CCOCC1. The maximum Gasteiger partial charge on any atom is 0.303 e. The van der Waals surface area contributed by atoms with Gasteiger partial charge in [0.25, 0.3) is 5.91 Å². The molecule has 2 N–H and O–H groups in total. The lowest BCUT2D eigenvalue weighted by Crippen LogP contribution is -2.33. The molecule has 0 bridgehead atoms. The standard InChI is InChI=1S/C15H23N3O4/c1-10(3-4-14(19)20)17-15(21)13-9-16-18(11(13)2)12-5-7-22-8-6-12/h9-10,12H,3-8H2,1-2H3,(H,17,21)(H,19,20). The smallest absolute Gasteiger partial charge is 0.303 e. The lowest BCUT2D eigenvalue weighted by molar-refractivity contribution is -0.137. The van der Waals surface area contributed by atoms with E-state index in [1.165, 1.54) is 0 Å². The van der Waals surface area contributed by atoms with Crippen LogP contribution < -0.4 is 5.32 Å². The van der Waals surface area contributed by atoms with Crippen molar-refractivity contribution in [2.75, 3.05) is 13.2 Å². The molecule has 122 valence electrons. The topological polar surface area (TPSA) is 93.5 Å². The van der Waals surface area contributed by atoms with Crippen LogP contribution in [0.5, 0.6) is 0 Å². The van der Waals surface area contributed by atoms with Crippen molar-refractivity contribution in [1.82, 2.24) is 15.1 Å². The summed E-state index contributed by atoms with van der Waals surface area (Å²) < 4.78 is 7.25. The highest BCUT2D eigenvalue weighted by Crippen LogP contribution is 2.23. The second-order valence-corrected chi connectivity index (χ2v) is 5.74. The number of rotatable bonds is 6. The monoisotopic (exact) mass is 309 g/mol. The average Bonchev–Trinajstić information content (AvgIpc) is 2.88. The first-order valence-electron chi connectivity index (χ1n) is 7.63. The van der Waals surface area contributed by atoms with Crippen LogP contribution in [-0.2, 0) is 9.53 Å². The summed E-state index contributed by atoms with van der Waals surface area (Å²) in [7, 11) is 0. The molecule has 1 aromatic rings. The Balaban J connectivity index is 1.98. The number of hydrogen-bond acceptors (Lipinski definition) is 4. The molecule has 1 fully saturated rings. The molecular weight excluding hydrogens is 286 g/mol. The molecule has 1 aliphatic heterocycles. The Morgan fingerprint density at radius 2 is 2.18 bits per heavy atom. The van der Waals surface area contributed by atoms with E-state index in [-0.39, 0.29) is 24.4 Å². The van der Waals surface area contributed by atoms with E-state index in [2.05, 4.69) is 10.4 Å². The van der Waals surface area contributed by atoms with Crippen LogP contribution in [0.2, 0.25) is 0 Å². The van der Waals surface area contributed by atoms with Gasteiger partial charge in [0.1, 0.15) is 0 Å². The number of carbonyl (C=O) groups is 2. The van der Waals surface area contributed by atoms with E-state index in [1.807, 2.05) is 11.6 Å². The first kappa shape index (κ1) is 16.5. The molecule has 2 rings (SSSR count). The largest absolute Gasteiger partial charge is 0.481 e. The van der Waals surface area contributed by atoms with Crippen molar-refractivity contribution in [3.63, 3.8) is 0 Å². The Morgan fingerprint density at radius 1 is 1.50 bits per heavy atom.